The van der Waals surface area contributed by atoms with Crippen molar-refractivity contribution >= 4 is 22.7 Å². The van der Waals surface area contributed by atoms with Gasteiger partial charge in [-0.25, -0.2) is 0 Å². The summed E-state index contributed by atoms with van der Waals surface area (Å²) in [5.41, 5.74) is 0.974. The fourth-order valence-corrected chi connectivity index (χ4v) is 3.18. The number of carbonyl (C=O) groups excluding carboxylic acids is 2. The molecule has 0 radical (unpaired) electrons. The Kier molecular flexibility index (Phi) is 2.71. The van der Waals surface area contributed by atoms with Gasteiger partial charge in [-0.3, -0.25) is 14.9 Å². The largest absolute Gasteiger partial charge is 0.372 e. The molecule has 0 saturated heterocycles. The summed E-state index contributed by atoms with van der Waals surface area (Å²) in [7, 11) is 0. The van der Waals surface area contributed by atoms with Gasteiger partial charge in [-0.1, -0.05) is 29.8 Å². The number of nitrogens with one attached hydrogen (secondary N) is 2. The molecule has 1 unspecified atom stereocenters. The summed E-state index contributed by atoms with van der Waals surface area (Å²) in [6.07, 6.45) is 1.62. The highest BCUT2D eigenvalue weighted by Crippen LogP contribution is 2.38. The molecule has 5 heteroatoms. The van der Waals surface area contributed by atoms with Gasteiger partial charge in [0.2, 0.25) is 0 Å². The fraction of sp³-hybridized carbons (Fsp3) is 0.111. The number of aliphatic hydroxyl groups is 1. The lowest BCUT2D eigenvalue weighted by Crippen LogP contribution is -2.52. The standard InChI is InChI=1S/C18H14N2O3/c1-10-6-7-15-12(8-10)14(9-19-15)18(23)13-5-3-2-4-11(13)16(21)20-17(18)22/h2-9,19,23H,1H3,(H,20,21,22). The van der Waals surface area contributed by atoms with E-state index in [-0.39, 0.29) is 0 Å². The first kappa shape index (κ1) is 13.7. The normalized spacial score (nSPS) is 20.4. The molecule has 2 aromatic carbocycles. The second kappa shape index (κ2) is 4.54. The highest BCUT2D eigenvalue weighted by atomic mass is 16.3. The Balaban J connectivity index is 2.06. The first-order valence-corrected chi connectivity index (χ1v) is 7.27. The Hall–Kier alpha value is -2.92. The average Bonchev–Trinajstić information content (AvgIpc) is 2.96. The molecule has 0 bridgehead atoms. The maximum Gasteiger partial charge on any atom is 0.268 e. The van der Waals surface area contributed by atoms with E-state index in [1.54, 1.807) is 30.5 Å². The van der Waals surface area contributed by atoms with Crippen molar-refractivity contribution in [1.29, 1.82) is 0 Å². The van der Waals surface area contributed by atoms with Crippen LogP contribution in [0, 0.1) is 6.92 Å². The number of H-pyrrole nitrogens is 1. The van der Waals surface area contributed by atoms with Crippen molar-refractivity contribution in [1.82, 2.24) is 10.3 Å². The molecule has 2 amide bonds. The molecule has 1 aromatic heterocycles. The minimum absolute atomic E-state index is 0.302. The molecular weight excluding hydrogens is 292 g/mol. The van der Waals surface area contributed by atoms with Gasteiger partial charge in [0.15, 0.2) is 5.60 Å². The van der Waals surface area contributed by atoms with Crippen molar-refractivity contribution in [2.24, 2.45) is 0 Å². The summed E-state index contributed by atoms with van der Waals surface area (Å²) in [5, 5.41) is 14.3. The van der Waals surface area contributed by atoms with Crippen LogP contribution in [0.3, 0.4) is 0 Å². The van der Waals surface area contributed by atoms with E-state index in [4.69, 9.17) is 0 Å². The van der Waals surface area contributed by atoms with E-state index in [1.807, 2.05) is 25.1 Å². The second-order valence-corrected chi connectivity index (χ2v) is 5.79. The number of imide groups is 1. The number of benzene rings is 2. The quantitative estimate of drug-likeness (QED) is 0.601. The summed E-state index contributed by atoms with van der Waals surface area (Å²) in [4.78, 5) is 27.6. The lowest BCUT2D eigenvalue weighted by atomic mass is 9.80. The van der Waals surface area contributed by atoms with Crippen molar-refractivity contribution in [3.05, 3.63) is 70.9 Å². The lowest BCUT2D eigenvalue weighted by molar-refractivity contribution is -0.136. The number of fused-ring (bicyclic) bond motifs is 2. The Labute approximate surface area is 132 Å². The highest BCUT2D eigenvalue weighted by Gasteiger charge is 2.47. The summed E-state index contributed by atoms with van der Waals surface area (Å²) in [6.45, 7) is 1.94. The van der Waals surface area contributed by atoms with Crippen LogP contribution in [-0.2, 0) is 10.4 Å². The van der Waals surface area contributed by atoms with Crippen LogP contribution in [-0.4, -0.2) is 21.9 Å². The first-order chi connectivity index (χ1) is 11.0. The Morgan fingerprint density at radius 2 is 1.83 bits per heavy atom. The van der Waals surface area contributed by atoms with Gasteiger partial charge in [0.1, 0.15) is 0 Å². The zero-order chi connectivity index (χ0) is 16.2. The average molecular weight is 306 g/mol. The first-order valence-electron chi connectivity index (χ1n) is 7.27. The third kappa shape index (κ3) is 1.77. The molecule has 0 fully saturated rings. The number of rotatable bonds is 1. The van der Waals surface area contributed by atoms with Crippen molar-refractivity contribution in [2.75, 3.05) is 0 Å². The number of aromatic amines is 1. The number of carbonyl (C=O) groups is 2. The van der Waals surface area contributed by atoms with Gasteiger partial charge in [-0.05, 0) is 25.1 Å². The molecule has 23 heavy (non-hydrogen) atoms. The smallest absolute Gasteiger partial charge is 0.268 e. The molecule has 0 spiro atoms. The van der Waals surface area contributed by atoms with E-state index in [0.29, 0.717) is 16.7 Å². The molecule has 1 aliphatic heterocycles. The number of aryl methyl sites for hydroxylation is 1. The molecule has 5 nitrogen and oxygen atoms in total. The molecule has 1 aliphatic rings. The minimum Gasteiger partial charge on any atom is -0.372 e. The number of hydrogen-bond donors (Lipinski definition) is 3. The lowest BCUT2D eigenvalue weighted by Gasteiger charge is -2.32. The van der Waals surface area contributed by atoms with Gasteiger partial charge in [0.25, 0.3) is 11.8 Å². The topological polar surface area (TPSA) is 82.2 Å². The Morgan fingerprint density at radius 3 is 2.65 bits per heavy atom. The monoisotopic (exact) mass is 306 g/mol. The van der Waals surface area contributed by atoms with Crippen LogP contribution in [0.15, 0.2) is 48.7 Å². The zero-order valence-corrected chi connectivity index (χ0v) is 12.4. The molecular formula is C18H14N2O3. The summed E-state index contributed by atoms with van der Waals surface area (Å²) in [5.74, 6) is -1.23. The van der Waals surface area contributed by atoms with Gasteiger partial charge in [-0.15, -0.1) is 0 Å². The fourth-order valence-electron chi connectivity index (χ4n) is 3.18. The van der Waals surface area contributed by atoms with Gasteiger partial charge < -0.3 is 10.1 Å². The maximum absolute atomic E-state index is 12.5. The molecule has 2 heterocycles. The molecule has 0 saturated carbocycles. The zero-order valence-electron chi connectivity index (χ0n) is 12.4. The van der Waals surface area contributed by atoms with Crippen LogP contribution in [0.25, 0.3) is 10.9 Å². The van der Waals surface area contributed by atoms with E-state index in [2.05, 4.69) is 10.3 Å². The Bertz CT molecular complexity index is 973. The van der Waals surface area contributed by atoms with Crippen LogP contribution in [0.1, 0.15) is 27.0 Å². The van der Waals surface area contributed by atoms with Crippen LogP contribution in [0.4, 0.5) is 0 Å². The molecule has 1 atom stereocenters. The number of hydrogen-bond acceptors (Lipinski definition) is 3. The van der Waals surface area contributed by atoms with Crippen molar-refractivity contribution in [2.45, 2.75) is 12.5 Å². The highest BCUT2D eigenvalue weighted by molar-refractivity contribution is 6.14. The summed E-state index contributed by atoms with van der Waals surface area (Å²) < 4.78 is 0. The summed E-state index contributed by atoms with van der Waals surface area (Å²) >= 11 is 0. The number of aromatic nitrogens is 1. The van der Waals surface area contributed by atoms with Crippen LogP contribution < -0.4 is 5.32 Å². The van der Waals surface area contributed by atoms with Crippen molar-refractivity contribution in [3.8, 4) is 0 Å². The minimum atomic E-state index is -1.91. The third-order valence-electron chi connectivity index (χ3n) is 4.34. The van der Waals surface area contributed by atoms with Gasteiger partial charge in [-0.2, -0.15) is 0 Å². The van der Waals surface area contributed by atoms with Crippen LogP contribution in [0.5, 0.6) is 0 Å². The second-order valence-electron chi connectivity index (χ2n) is 5.79. The van der Waals surface area contributed by atoms with Gasteiger partial charge in [0.05, 0.1) is 0 Å². The number of amides is 2. The predicted molar refractivity (Wildman–Crippen MR) is 84.9 cm³/mol. The van der Waals surface area contributed by atoms with Crippen LogP contribution >= 0.6 is 0 Å². The van der Waals surface area contributed by atoms with E-state index < -0.39 is 17.4 Å². The van der Waals surface area contributed by atoms with Crippen LogP contribution in [0.2, 0.25) is 0 Å². The maximum atomic E-state index is 12.5. The third-order valence-corrected chi connectivity index (χ3v) is 4.34. The molecule has 4 rings (SSSR count). The van der Waals surface area contributed by atoms with Crippen molar-refractivity contribution < 1.29 is 14.7 Å². The van der Waals surface area contributed by atoms with Gasteiger partial charge in [0, 0.05) is 33.8 Å². The molecule has 114 valence electrons. The predicted octanol–water partition coefficient (Wildman–Crippen LogP) is 1.98. The SMILES string of the molecule is Cc1ccc2[nH]cc(C3(O)C(=O)NC(=O)c4ccccc43)c2c1. The van der Waals surface area contributed by atoms with E-state index in [9.17, 15) is 14.7 Å². The molecule has 3 N–H and O–H groups in total. The summed E-state index contributed by atoms with van der Waals surface area (Å²) in [6, 6.07) is 12.4. The van der Waals surface area contributed by atoms with E-state index >= 15 is 0 Å². The van der Waals surface area contributed by atoms with E-state index in [1.165, 1.54) is 0 Å². The van der Waals surface area contributed by atoms with Crippen molar-refractivity contribution in [3.63, 3.8) is 0 Å². The van der Waals surface area contributed by atoms with E-state index in [0.717, 1.165) is 16.5 Å². The Morgan fingerprint density at radius 1 is 1.04 bits per heavy atom. The molecule has 0 aliphatic carbocycles. The van der Waals surface area contributed by atoms with Gasteiger partial charge >= 0.3 is 0 Å². The molecule has 3 aromatic rings.